The maximum Gasteiger partial charge on any atom is 0.293 e. The molecule has 0 fully saturated rings. The minimum atomic E-state index is -1.16. The smallest absolute Gasteiger partial charge is 0.293 e. The summed E-state index contributed by atoms with van der Waals surface area (Å²) in [7, 11) is 0. The van der Waals surface area contributed by atoms with E-state index in [1.165, 1.54) is 4.90 Å². The fourth-order valence-electron chi connectivity index (χ4n) is 4.80. The summed E-state index contributed by atoms with van der Waals surface area (Å²) in [4.78, 5) is 28.2. The first-order chi connectivity index (χ1) is 18.6. The Morgan fingerprint density at radius 3 is 2.49 bits per heavy atom. The molecule has 1 aliphatic heterocycles. The maximum absolute atomic E-state index is 15.1. The first-order valence-electron chi connectivity index (χ1n) is 12.7. The van der Waals surface area contributed by atoms with E-state index in [0.717, 1.165) is 23.8 Å². The lowest BCUT2D eigenvalue weighted by molar-refractivity contribution is -0.121. The second-order valence-electron chi connectivity index (χ2n) is 9.82. The number of aromatic hydroxyl groups is 1. The molecule has 2 heterocycles. The van der Waals surface area contributed by atoms with Crippen LogP contribution in [0.15, 0.2) is 40.9 Å². The number of nitrogens with one attached hydrogen (secondary N) is 1. The molecule has 0 aliphatic carbocycles. The highest BCUT2D eigenvalue weighted by Crippen LogP contribution is 2.36. The number of carbonyl (C=O) groups excluding carboxylic acids is 2. The first-order valence-corrected chi connectivity index (χ1v) is 12.7. The fourth-order valence-corrected chi connectivity index (χ4v) is 4.80. The van der Waals surface area contributed by atoms with Crippen molar-refractivity contribution in [3.05, 3.63) is 70.5 Å². The highest BCUT2D eigenvalue weighted by atomic mass is 19.1. The second kappa shape index (κ2) is 11.4. The van der Waals surface area contributed by atoms with Crippen LogP contribution in [0.4, 0.5) is 14.5 Å². The van der Waals surface area contributed by atoms with Gasteiger partial charge >= 0.3 is 0 Å². The van der Waals surface area contributed by atoms with Crippen LogP contribution in [-0.2, 0) is 21.4 Å². The highest BCUT2D eigenvalue weighted by molar-refractivity contribution is 6.01. The zero-order valence-electron chi connectivity index (χ0n) is 22.2. The van der Waals surface area contributed by atoms with E-state index in [2.05, 4.69) is 10.5 Å². The van der Waals surface area contributed by atoms with Crippen molar-refractivity contribution in [3.63, 3.8) is 0 Å². The molecule has 1 aromatic heterocycles. The Hall–Kier alpha value is -3.99. The first kappa shape index (κ1) is 28.0. The minimum Gasteiger partial charge on any atom is -0.494 e. The van der Waals surface area contributed by atoms with E-state index in [-0.39, 0.29) is 30.2 Å². The molecule has 2 amide bonds. The van der Waals surface area contributed by atoms with Crippen LogP contribution in [0.2, 0.25) is 0 Å². The Kier molecular flexibility index (Phi) is 8.19. The van der Waals surface area contributed by atoms with Crippen LogP contribution in [0.3, 0.4) is 0 Å². The van der Waals surface area contributed by atoms with Gasteiger partial charge in [-0.25, -0.2) is 8.78 Å². The average molecular weight is 544 g/mol. The number of carbonyl (C=O) groups is 2. The maximum atomic E-state index is 15.1. The lowest BCUT2D eigenvalue weighted by atomic mass is 9.84. The molecule has 0 saturated carbocycles. The summed E-state index contributed by atoms with van der Waals surface area (Å²) in [6, 6.07) is 7.16. The summed E-state index contributed by atoms with van der Waals surface area (Å²) in [5.41, 5.74) is 0.112. The van der Waals surface area contributed by atoms with E-state index in [4.69, 9.17) is 14.0 Å². The molecular formula is C28H31F2N3O6. The van der Waals surface area contributed by atoms with Crippen molar-refractivity contribution in [1.29, 1.82) is 0 Å². The number of fused-ring (bicyclic) bond motifs is 1. The van der Waals surface area contributed by atoms with Crippen LogP contribution in [0.1, 0.15) is 61.0 Å². The predicted molar refractivity (Wildman–Crippen MR) is 138 cm³/mol. The average Bonchev–Trinajstić information content (AvgIpc) is 3.32. The third-order valence-electron chi connectivity index (χ3n) is 6.52. The van der Waals surface area contributed by atoms with Crippen LogP contribution < -0.4 is 10.1 Å². The molecule has 0 spiro atoms. The molecule has 0 bridgehead atoms. The van der Waals surface area contributed by atoms with Crippen molar-refractivity contribution in [3.8, 4) is 11.6 Å². The van der Waals surface area contributed by atoms with Gasteiger partial charge in [0, 0.05) is 29.8 Å². The Labute approximate surface area is 224 Å². The van der Waals surface area contributed by atoms with Crippen molar-refractivity contribution >= 4 is 17.5 Å². The number of amides is 2. The van der Waals surface area contributed by atoms with E-state index in [1.807, 2.05) is 6.92 Å². The Balaban J connectivity index is 1.68. The van der Waals surface area contributed by atoms with Crippen molar-refractivity contribution in [2.45, 2.75) is 45.6 Å². The number of halogens is 2. The number of anilines is 1. The molecule has 0 unspecified atom stereocenters. The minimum absolute atomic E-state index is 0.103. The number of hydrogen-bond donors (Lipinski definition) is 2. The SMILES string of the molecule is CCOCC(C)(C)c1c(F)cc(NC(=O)[C@H]2c3ccc(OCC)cc3CCN2C(=O)c2cc(O)no2)cc1F. The second-order valence-corrected chi connectivity index (χ2v) is 9.82. The largest absolute Gasteiger partial charge is 0.494 e. The van der Waals surface area contributed by atoms with Gasteiger partial charge in [-0.3, -0.25) is 9.59 Å². The van der Waals surface area contributed by atoms with Crippen LogP contribution in [0, 0.1) is 11.6 Å². The van der Waals surface area contributed by atoms with Gasteiger partial charge in [0.1, 0.15) is 23.4 Å². The standard InChI is InChI=1S/C28H31F2N3O6/c1-5-37-15-28(3,4)24-20(29)12-17(13-21(24)30)31-26(35)25-19-8-7-18(38-6-2)11-16(19)9-10-33(25)27(36)22-14-23(34)32-39-22/h7-8,11-14,25H,5-6,9-10,15H2,1-4H3,(H,31,35)(H,32,34)/t25-/m1/s1. The van der Waals surface area contributed by atoms with Crippen molar-refractivity contribution in [1.82, 2.24) is 10.1 Å². The van der Waals surface area contributed by atoms with Crippen molar-refractivity contribution in [2.75, 3.05) is 31.7 Å². The third kappa shape index (κ3) is 5.88. The predicted octanol–water partition coefficient (Wildman–Crippen LogP) is 4.75. The molecule has 2 N–H and O–H groups in total. The van der Waals surface area contributed by atoms with Gasteiger partial charge in [0.25, 0.3) is 17.7 Å². The molecule has 39 heavy (non-hydrogen) atoms. The Morgan fingerprint density at radius 2 is 1.87 bits per heavy atom. The van der Waals surface area contributed by atoms with E-state index in [1.54, 1.807) is 39.0 Å². The molecule has 1 aliphatic rings. The van der Waals surface area contributed by atoms with Crippen LogP contribution in [-0.4, -0.2) is 53.3 Å². The normalized spacial score (nSPS) is 15.1. The van der Waals surface area contributed by atoms with E-state index < -0.39 is 40.8 Å². The zero-order chi connectivity index (χ0) is 28.3. The quantitative estimate of drug-likeness (QED) is 0.400. The number of ether oxygens (including phenoxy) is 2. The van der Waals surface area contributed by atoms with Crippen molar-refractivity contribution < 1.29 is 37.5 Å². The molecule has 3 aromatic rings. The summed E-state index contributed by atoms with van der Waals surface area (Å²) in [6.07, 6.45) is 0.415. The van der Waals surface area contributed by atoms with Gasteiger partial charge < -0.3 is 29.3 Å². The van der Waals surface area contributed by atoms with Crippen LogP contribution in [0.5, 0.6) is 11.6 Å². The number of nitrogens with zero attached hydrogens (tertiary/aromatic N) is 2. The van der Waals surface area contributed by atoms with E-state index in [0.29, 0.717) is 30.9 Å². The van der Waals surface area contributed by atoms with Crippen LogP contribution in [0.25, 0.3) is 0 Å². The lowest BCUT2D eigenvalue weighted by Crippen LogP contribution is -2.45. The molecule has 4 rings (SSSR count). The molecular weight excluding hydrogens is 512 g/mol. The summed E-state index contributed by atoms with van der Waals surface area (Å²) in [5, 5.41) is 15.4. The lowest BCUT2D eigenvalue weighted by Gasteiger charge is -2.36. The van der Waals surface area contributed by atoms with E-state index in [9.17, 15) is 14.7 Å². The van der Waals surface area contributed by atoms with Crippen LogP contribution >= 0.6 is 0 Å². The number of benzene rings is 2. The fraction of sp³-hybridized carbons (Fsp3) is 0.393. The van der Waals surface area contributed by atoms with Gasteiger partial charge in [0.15, 0.2) is 0 Å². The van der Waals surface area contributed by atoms with Gasteiger partial charge in [-0.1, -0.05) is 19.9 Å². The summed E-state index contributed by atoms with van der Waals surface area (Å²) >= 11 is 0. The molecule has 0 saturated heterocycles. The summed E-state index contributed by atoms with van der Waals surface area (Å²) < 4.78 is 46.2. The molecule has 11 heteroatoms. The van der Waals surface area contributed by atoms with E-state index >= 15 is 8.78 Å². The Morgan fingerprint density at radius 1 is 1.15 bits per heavy atom. The molecule has 2 aromatic carbocycles. The molecule has 9 nitrogen and oxygen atoms in total. The van der Waals surface area contributed by atoms with Gasteiger partial charge in [0.05, 0.1) is 19.3 Å². The number of aromatic nitrogens is 1. The van der Waals surface area contributed by atoms with Crippen molar-refractivity contribution in [2.24, 2.45) is 0 Å². The van der Waals surface area contributed by atoms with Gasteiger partial charge in [-0.2, -0.15) is 0 Å². The topological polar surface area (TPSA) is 114 Å². The number of hydrogen-bond acceptors (Lipinski definition) is 7. The van der Waals surface area contributed by atoms with Gasteiger partial charge in [0.2, 0.25) is 5.76 Å². The number of rotatable bonds is 9. The Bertz CT molecular complexity index is 1350. The molecule has 0 radical (unpaired) electrons. The highest BCUT2D eigenvalue weighted by Gasteiger charge is 2.38. The zero-order valence-corrected chi connectivity index (χ0v) is 22.2. The third-order valence-corrected chi connectivity index (χ3v) is 6.52. The van der Waals surface area contributed by atoms with Gasteiger partial charge in [-0.15, -0.1) is 0 Å². The summed E-state index contributed by atoms with van der Waals surface area (Å²) in [6.45, 7) is 8.08. The molecule has 208 valence electrons. The monoisotopic (exact) mass is 543 g/mol. The summed E-state index contributed by atoms with van der Waals surface area (Å²) in [5.74, 6) is -3.13. The molecule has 1 atom stereocenters. The van der Waals surface area contributed by atoms with Gasteiger partial charge in [-0.05, 0) is 60.8 Å².